The van der Waals surface area contributed by atoms with Gasteiger partial charge in [-0.1, -0.05) is 35.0 Å². The number of benzene rings is 1. The number of alkyl halides is 1. The molecule has 0 heterocycles. The molecule has 0 aromatic heterocycles. The quantitative estimate of drug-likeness (QED) is 0.716. The minimum absolute atomic E-state index is 0.186. The molecule has 1 fully saturated rings. The van der Waals surface area contributed by atoms with Gasteiger partial charge in [0.05, 0.1) is 25.9 Å². The molecule has 19 heavy (non-hydrogen) atoms. The van der Waals surface area contributed by atoms with Gasteiger partial charge in [-0.05, 0) is 30.5 Å². The maximum atomic E-state index is 5.93. The van der Waals surface area contributed by atoms with E-state index in [9.17, 15) is 0 Å². The van der Waals surface area contributed by atoms with Crippen molar-refractivity contribution in [2.45, 2.75) is 43.4 Å². The predicted molar refractivity (Wildman–Crippen MR) is 78.9 cm³/mol. The van der Waals surface area contributed by atoms with Crippen molar-refractivity contribution in [3.63, 3.8) is 0 Å². The molecular weight excluding hydrogens is 308 g/mol. The van der Waals surface area contributed by atoms with E-state index in [4.69, 9.17) is 14.2 Å². The first-order valence-corrected chi connectivity index (χ1v) is 7.66. The van der Waals surface area contributed by atoms with Crippen molar-refractivity contribution in [1.82, 2.24) is 0 Å². The van der Waals surface area contributed by atoms with E-state index in [1.54, 1.807) is 7.11 Å². The van der Waals surface area contributed by atoms with Crippen LogP contribution in [-0.4, -0.2) is 30.8 Å². The lowest BCUT2D eigenvalue weighted by atomic mass is 9.91. The van der Waals surface area contributed by atoms with Gasteiger partial charge in [-0.15, -0.1) is 0 Å². The average molecular weight is 329 g/mol. The second kappa shape index (κ2) is 7.27. The number of rotatable bonds is 7. The summed E-state index contributed by atoms with van der Waals surface area (Å²) in [7, 11) is 1.68. The maximum Gasteiger partial charge on any atom is 0.119 e. The molecule has 1 aromatic carbocycles. The van der Waals surface area contributed by atoms with E-state index in [-0.39, 0.29) is 12.2 Å². The molecule has 0 bridgehead atoms. The van der Waals surface area contributed by atoms with Crippen LogP contribution in [0.4, 0.5) is 0 Å². The number of hydrogen-bond acceptors (Lipinski definition) is 3. The molecule has 1 aromatic rings. The van der Waals surface area contributed by atoms with Gasteiger partial charge in [-0.25, -0.2) is 0 Å². The number of methoxy groups -OCH3 is 1. The lowest BCUT2D eigenvalue weighted by molar-refractivity contribution is -0.126. The largest absolute Gasteiger partial charge is 0.497 e. The third-order valence-electron chi connectivity index (χ3n) is 3.29. The van der Waals surface area contributed by atoms with E-state index in [0.717, 1.165) is 30.8 Å². The van der Waals surface area contributed by atoms with Crippen molar-refractivity contribution in [2.24, 2.45) is 0 Å². The second-order valence-corrected chi connectivity index (χ2v) is 5.96. The van der Waals surface area contributed by atoms with Gasteiger partial charge in [0.15, 0.2) is 0 Å². The second-order valence-electron chi connectivity index (χ2n) is 4.79. The first kappa shape index (κ1) is 14.8. The van der Waals surface area contributed by atoms with Crippen molar-refractivity contribution in [3.05, 3.63) is 29.8 Å². The Morgan fingerprint density at radius 1 is 1.32 bits per heavy atom. The summed E-state index contributed by atoms with van der Waals surface area (Å²) in [5.41, 5.74) is 1.13. The molecule has 0 spiro atoms. The monoisotopic (exact) mass is 328 g/mol. The van der Waals surface area contributed by atoms with Crippen LogP contribution in [0.25, 0.3) is 0 Å². The molecule has 3 unspecified atom stereocenters. The normalized spacial score (nSPS) is 25.9. The Labute approximate surface area is 123 Å². The first-order valence-electron chi connectivity index (χ1n) is 6.74. The molecule has 1 saturated carbocycles. The van der Waals surface area contributed by atoms with Crippen LogP contribution < -0.4 is 4.74 Å². The summed E-state index contributed by atoms with van der Waals surface area (Å²) in [4.78, 5) is 0.425. The zero-order chi connectivity index (χ0) is 13.7. The fraction of sp³-hybridized carbons (Fsp3) is 0.600. The van der Waals surface area contributed by atoms with Crippen LogP contribution in [0.3, 0.4) is 0 Å². The Kier molecular flexibility index (Phi) is 5.67. The third kappa shape index (κ3) is 3.94. The summed E-state index contributed by atoms with van der Waals surface area (Å²) in [6.45, 7) is 3.52. The van der Waals surface area contributed by atoms with Crippen LogP contribution in [0, 0.1) is 0 Å². The van der Waals surface area contributed by atoms with Crippen molar-refractivity contribution in [1.29, 1.82) is 0 Å². The minimum Gasteiger partial charge on any atom is -0.497 e. The Morgan fingerprint density at radius 3 is 2.84 bits per heavy atom. The Bertz CT molecular complexity index is 397. The molecule has 1 aliphatic carbocycles. The van der Waals surface area contributed by atoms with E-state index >= 15 is 0 Å². The molecule has 4 heteroatoms. The summed E-state index contributed by atoms with van der Waals surface area (Å²) < 4.78 is 16.9. The highest BCUT2D eigenvalue weighted by Gasteiger charge is 2.41. The van der Waals surface area contributed by atoms with Gasteiger partial charge in [0.25, 0.3) is 0 Å². The summed E-state index contributed by atoms with van der Waals surface area (Å²) in [5.74, 6) is 0.867. The lowest BCUT2D eigenvalue weighted by Crippen LogP contribution is -2.50. The topological polar surface area (TPSA) is 27.7 Å². The Hall–Kier alpha value is -0.580. The Morgan fingerprint density at radius 2 is 2.16 bits per heavy atom. The van der Waals surface area contributed by atoms with Crippen molar-refractivity contribution >= 4 is 15.9 Å². The summed E-state index contributed by atoms with van der Waals surface area (Å²) in [5, 5.41) is 0. The number of ether oxygens (including phenoxy) is 3. The van der Waals surface area contributed by atoms with E-state index in [0.29, 0.717) is 11.4 Å². The fourth-order valence-electron chi connectivity index (χ4n) is 2.12. The SMILES string of the molecule is CCCOC1C(Br)CC1OCc1cccc(OC)c1. The first-order chi connectivity index (χ1) is 9.24. The molecule has 0 aliphatic heterocycles. The van der Waals surface area contributed by atoms with E-state index in [1.807, 2.05) is 18.2 Å². The zero-order valence-electron chi connectivity index (χ0n) is 11.5. The third-order valence-corrected chi connectivity index (χ3v) is 4.19. The van der Waals surface area contributed by atoms with Crippen LogP contribution >= 0.6 is 15.9 Å². The molecule has 3 nitrogen and oxygen atoms in total. The smallest absolute Gasteiger partial charge is 0.119 e. The van der Waals surface area contributed by atoms with Gasteiger partial charge in [0.1, 0.15) is 5.75 Å². The molecule has 0 saturated heterocycles. The predicted octanol–water partition coefficient (Wildman–Crippen LogP) is 3.54. The van der Waals surface area contributed by atoms with Crippen LogP contribution in [-0.2, 0) is 16.1 Å². The average Bonchev–Trinajstić information content (AvgIpc) is 2.43. The van der Waals surface area contributed by atoms with Crippen LogP contribution in [0.2, 0.25) is 0 Å². The van der Waals surface area contributed by atoms with Crippen molar-refractivity contribution in [2.75, 3.05) is 13.7 Å². The van der Waals surface area contributed by atoms with Crippen LogP contribution in [0.1, 0.15) is 25.3 Å². The zero-order valence-corrected chi connectivity index (χ0v) is 13.1. The number of halogens is 1. The van der Waals surface area contributed by atoms with Gasteiger partial charge >= 0.3 is 0 Å². The summed E-state index contributed by atoms with van der Waals surface area (Å²) in [6.07, 6.45) is 2.43. The van der Waals surface area contributed by atoms with Crippen LogP contribution in [0.5, 0.6) is 5.75 Å². The van der Waals surface area contributed by atoms with Gasteiger partial charge < -0.3 is 14.2 Å². The molecule has 2 rings (SSSR count). The molecular formula is C15H21BrO3. The van der Waals surface area contributed by atoms with Gasteiger partial charge in [-0.2, -0.15) is 0 Å². The highest BCUT2D eigenvalue weighted by Crippen LogP contribution is 2.34. The van der Waals surface area contributed by atoms with Crippen molar-refractivity contribution < 1.29 is 14.2 Å². The molecule has 106 valence electrons. The molecule has 3 atom stereocenters. The standard InChI is InChI=1S/C15H21BrO3/c1-3-7-18-15-13(16)9-14(15)19-10-11-5-4-6-12(8-11)17-2/h4-6,8,13-15H,3,7,9-10H2,1-2H3. The number of hydrogen-bond donors (Lipinski definition) is 0. The molecule has 0 radical (unpaired) electrons. The lowest BCUT2D eigenvalue weighted by Gasteiger charge is -2.40. The highest BCUT2D eigenvalue weighted by atomic mass is 79.9. The molecule has 0 N–H and O–H groups in total. The van der Waals surface area contributed by atoms with Crippen LogP contribution in [0.15, 0.2) is 24.3 Å². The van der Waals surface area contributed by atoms with Gasteiger partial charge in [0, 0.05) is 11.4 Å². The van der Waals surface area contributed by atoms with E-state index in [2.05, 4.69) is 28.9 Å². The molecule has 1 aliphatic rings. The van der Waals surface area contributed by atoms with Gasteiger partial charge in [0.2, 0.25) is 0 Å². The Balaban J connectivity index is 1.81. The summed E-state index contributed by atoms with van der Waals surface area (Å²) >= 11 is 3.62. The van der Waals surface area contributed by atoms with Crippen molar-refractivity contribution in [3.8, 4) is 5.75 Å². The van der Waals surface area contributed by atoms with E-state index in [1.165, 1.54) is 0 Å². The highest BCUT2D eigenvalue weighted by molar-refractivity contribution is 9.09. The fourth-order valence-corrected chi connectivity index (χ4v) is 2.98. The minimum atomic E-state index is 0.186. The summed E-state index contributed by atoms with van der Waals surface area (Å²) in [6, 6.07) is 7.98. The van der Waals surface area contributed by atoms with E-state index < -0.39 is 0 Å². The van der Waals surface area contributed by atoms with Gasteiger partial charge in [-0.3, -0.25) is 0 Å². The molecule has 0 amide bonds. The maximum absolute atomic E-state index is 5.93.